The van der Waals surface area contributed by atoms with Crippen molar-refractivity contribution >= 4 is 22.9 Å². The Morgan fingerprint density at radius 3 is 2.65 bits per heavy atom. The van der Waals surface area contributed by atoms with E-state index in [-0.39, 0.29) is 6.04 Å². The summed E-state index contributed by atoms with van der Waals surface area (Å²) in [7, 11) is 0. The Morgan fingerprint density at radius 1 is 1.30 bits per heavy atom. The normalized spacial score (nSPS) is 12.3. The van der Waals surface area contributed by atoms with Gasteiger partial charge in [0.2, 0.25) is 0 Å². The van der Waals surface area contributed by atoms with Crippen molar-refractivity contribution in [1.82, 2.24) is 5.32 Å². The van der Waals surface area contributed by atoms with Crippen LogP contribution in [0.2, 0.25) is 5.02 Å². The van der Waals surface area contributed by atoms with Crippen molar-refractivity contribution in [2.24, 2.45) is 0 Å². The maximum atomic E-state index is 5.88. The van der Waals surface area contributed by atoms with Gasteiger partial charge in [-0.25, -0.2) is 0 Å². The molecule has 1 atom stereocenters. The molecular weight excluding hydrogens is 290 g/mol. The molecule has 0 bridgehead atoms. The SMILES string of the molecule is CCCNC(COc1ccc(Cl)cc1)c1csc(C)c1. The first-order valence-corrected chi connectivity index (χ1v) is 8.11. The minimum absolute atomic E-state index is 0.232. The van der Waals surface area contributed by atoms with Crippen molar-refractivity contribution in [3.63, 3.8) is 0 Å². The predicted octanol–water partition coefficient (Wildman–Crippen LogP) is 4.83. The van der Waals surface area contributed by atoms with E-state index >= 15 is 0 Å². The van der Waals surface area contributed by atoms with Crippen LogP contribution in [0.5, 0.6) is 5.75 Å². The summed E-state index contributed by atoms with van der Waals surface area (Å²) in [5.74, 6) is 0.852. The molecule has 0 aliphatic heterocycles. The summed E-state index contributed by atoms with van der Waals surface area (Å²) in [6.07, 6.45) is 1.11. The third-order valence-electron chi connectivity index (χ3n) is 3.02. The van der Waals surface area contributed by atoms with Crippen molar-refractivity contribution in [1.29, 1.82) is 0 Å². The number of rotatable bonds is 7. The van der Waals surface area contributed by atoms with Gasteiger partial charge in [-0.3, -0.25) is 0 Å². The highest BCUT2D eigenvalue weighted by Gasteiger charge is 2.13. The van der Waals surface area contributed by atoms with Gasteiger partial charge < -0.3 is 10.1 Å². The lowest BCUT2D eigenvalue weighted by atomic mass is 10.1. The summed E-state index contributed by atoms with van der Waals surface area (Å²) in [5.41, 5.74) is 1.30. The summed E-state index contributed by atoms with van der Waals surface area (Å²) < 4.78 is 5.87. The van der Waals surface area contributed by atoms with Crippen molar-refractivity contribution in [2.45, 2.75) is 26.3 Å². The molecule has 2 rings (SSSR count). The Morgan fingerprint density at radius 2 is 2.05 bits per heavy atom. The molecule has 1 N–H and O–H groups in total. The van der Waals surface area contributed by atoms with Gasteiger partial charge in [0.15, 0.2) is 0 Å². The summed E-state index contributed by atoms with van der Waals surface area (Å²) in [6.45, 7) is 5.91. The summed E-state index contributed by atoms with van der Waals surface area (Å²) >= 11 is 7.65. The van der Waals surface area contributed by atoms with Gasteiger partial charge in [0, 0.05) is 9.90 Å². The van der Waals surface area contributed by atoms with E-state index in [1.54, 1.807) is 11.3 Å². The van der Waals surface area contributed by atoms with E-state index < -0.39 is 0 Å². The first kappa shape index (κ1) is 15.4. The first-order valence-electron chi connectivity index (χ1n) is 6.86. The minimum Gasteiger partial charge on any atom is -0.492 e. The van der Waals surface area contributed by atoms with Gasteiger partial charge in [0.05, 0.1) is 6.04 Å². The van der Waals surface area contributed by atoms with Crippen LogP contribution in [0, 0.1) is 6.92 Å². The van der Waals surface area contributed by atoms with Crippen LogP contribution in [0.15, 0.2) is 35.7 Å². The quantitative estimate of drug-likeness (QED) is 0.791. The van der Waals surface area contributed by atoms with E-state index in [4.69, 9.17) is 16.3 Å². The number of aryl methyl sites for hydroxylation is 1. The fourth-order valence-corrected chi connectivity index (χ4v) is 2.83. The highest BCUT2D eigenvalue weighted by molar-refractivity contribution is 7.10. The summed E-state index contributed by atoms with van der Waals surface area (Å²) in [5, 5.41) is 6.47. The molecule has 108 valence electrons. The second-order valence-corrected chi connectivity index (χ2v) is 6.31. The zero-order valence-corrected chi connectivity index (χ0v) is 13.4. The van der Waals surface area contributed by atoms with Gasteiger partial charge in [0.25, 0.3) is 0 Å². The Kier molecular flexibility index (Phi) is 5.89. The minimum atomic E-state index is 0.232. The van der Waals surface area contributed by atoms with Gasteiger partial charge in [-0.1, -0.05) is 18.5 Å². The summed E-state index contributed by atoms with van der Waals surface area (Å²) in [6, 6.07) is 9.95. The summed E-state index contributed by atoms with van der Waals surface area (Å²) in [4.78, 5) is 1.33. The Balaban J connectivity index is 1.98. The third kappa shape index (κ3) is 4.51. The number of hydrogen-bond acceptors (Lipinski definition) is 3. The molecule has 0 saturated carbocycles. The maximum Gasteiger partial charge on any atom is 0.119 e. The first-order chi connectivity index (χ1) is 9.69. The smallest absolute Gasteiger partial charge is 0.119 e. The molecule has 0 fully saturated rings. The zero-order chi connectivity index (χ0) is 14.4. The average molecular weight is 310 g/mol. The van der Waals surface area contributed by atoms with E-state index in [1.807, 2.05) is 24.3 Å². The number of nitrogens with one attached hydrogen (secondary N) is 1. The van der Waals surface area contributed by atoms with E-state index in [0.29, 0.717) is 6.61 Å². The zero-order valence-electron chi connectivity index (χ0n) is 11.9. The monoisotopic (exact) mass is 309 g/mol. The van der Waals surface area contributed by atoms with Crippen LogP contribution in [0.4, 0.5) is 0 Å². The topological polar surface area (TPSA) is 21.3 Å². The molecule has 0 spiro atoms. The lowest BCUT2D eigenvalue weighted by molar-refractivity contribution is 0.266. The highest BCUT2D eigenvalue weighted by atomic mass is 35.5. The molecule has 0 amide bonds. The van der Waals surface area contributed by atoms with Gasteiger partial charge in [-0.2, -0.15) is 0 Å². The van der Waals surface area contributed by atoms with Crippen molar-refractivity contribution in [3.05, 3.63) is 51.2 Å². The molecule has 1 aromatic carbocycles. The van der Waals surface area contributed by atoms with Crippen molar-refractivity contribution in [2.75, 3.05) is 13.2 Å². The molecular formula is C16H20ClNOS. The third-order valence-corrected chi connectivity index (χ3v) is 4.16. The van der Waals surface area contributed by atoms with Gasteiger partial charge in [0.1, 0.15) is 12.4 Å². The molecule has 0 radical (unpaired) electrons. The molecule has 1 heterocycles. The van der Waals surface area contributed by atoms with Crippen molar-refractivity contribution < 1.29 is 4.74 Å². The lowest BCUT2D eigenvalue weighted by Gasteiger charge is -2.18. The average Bonchev–Trinajstić information content (AvgIpc) is 2.87. The van der Waals surface area contributed by atoms with Crippen molar-refractivity contribution in [3.8, 4) is 5.75 Å². The van der Waals surface area contributed by atoms with E-state index in [0.717, 1.165) is 23.7 Å². The largest absolute Gasteiger partial charge is 0.492 e. The van der Waals surface area contributed by atoms with E-state index in [9.17, 15) is 0 Å². The molecule has 2 nitrogen and oxygen atoms in total. The maximum absolute atomic E-state index is 5.88. The number of thiophene rings is 1. The number of hydrogen-bond donors (Lipinski definition) is 1. The van der Waals surface area contributed by atoms with Crippen LogP contribution in [-0.4, -0.2) is 13.2 Å². The predicted molar refractivity (Wildman–Crippen MR) is 87.0 cm³/mol. The highest BCUT2D eigenvalue weighted by Crippen LogP contribution is 2.22. The standard InChI is InChI=1S/C16H20ClNOS/c1-3-8-18-16(13-9-12(2)20-11-13)10-19-15-6-4-14(17)5-7-15/h4-7,9,11,16,18H,3,8,10H2,1-2H3. The van der Waals surface area contributed by atoms with Gasteiger partial charge in [-0.15, -0.1) is 11.3 Å². The molecule has 20 heavy (non-hydrogen) atoms. The number of halogens is 1. The Bertz CT molecular complexity index is 524. The fourth-order valence-electron chi connectivity index (χ4n) is 1.95. The van der Waals surface area contributed by atoms with Crippen LogP contribution >= 0.6 is 22.9 Å². The van der Waals surface area contributed by atoms with Gasteiger partial charge >= 0.3 is 0 Å². The van der Waals surface area contributed by atoms with E-state index in [1.165, 1.54) is 10.4 Å². The van der Waals surface area contributed by atoms with Crippen LogP contribution in [0.1, 0.15) is 29.8 Å². The Hall–Kier alpha value is -1.03. The fraction of sp³-hybridized carbons (Fsp3) is 0.375. The van der Waals surface area contributed by atoms with E-state index in [2.05, 4.69) is 30.6 Å². The van der Waals surface area contributed by atoms with Crippen LogP contribution in [0.25, 0.3) is 0 Å². The lowest BCUT2D eigenvalue weighted by Crippen LogP contribution is -2.27. The Labute approximate surface area is 129 Å². The molecule has 0 aliphatic rings. The number of ether oxygens (including phenoxy) is 1. The molecule has 0 aliphatic carbocycles. The molecule has 2 aromatic rings. The molecule has 1 unspecified atom stereocenters. The number of benzene rings is 1. The van der Waals surface area contributed by atoms with Crippen LogP contribution in [-0.2, 0) is 0 Å². The molecule has 4 heteroatoms. The van der Waals surface area contributed by atoms with Crippen LogP contribution in [0.3, 0.4) is 0 Å². The van der Waals surface area contributed by atoms with Gasteiger partial charge in [-0.05, 0) is 61.2 Å². The molecule has 1 aromatic heterocycles. The molecule has 0 saturated heterocycles. The second kappa shape index (κ2) is 7.67. The van der Waals surface area contributed by atoms with Crippen LogP contribution < -0.4 is 10.1 Å². The second-order valence-electron chi connectivity index (χ2n) is 4.76.